The Kier molecular flexibility index (Phi) is 4.27. The predicted octanol–water partition coefficient (Wildman–Crippen LogP) is 4.55. The fourth-order valence-electron chi connectivity index (χ4n) is 2.88. The van der Waals surface area contributed by atoms with Crippen molar-refractivity contribution in [1.82, 2.24) is 0 Å². The number of rotatable bonds is 6. The summed E-state index contributed by atoms with van der Waals surface area (Å²) < 4.78 is 29.1. The highest BCUT2D eigenvalue weighted by atomic mass is 19.3. The molecular formula is C15H21F2NO. The second kappa shape index (κ2) is 5.76. The highest BCUT2D eigenvalue weighted by Gasteiger charge is 2.37. The molecule has 106 valence electrons. The van der Waals surface area contributed by atoms with Gasteiger partial charge in [0.1, 0.15) is 5.75 Å². The topological polar surface area (TPSA) is 21.3 Å². The van der Waals surface area contributed by atoms with Crippen LogP contribution in [0, 0.1) is 0 Å². The van der Waals surface area contributed by atoms with Gasteiger partial charge in [-0.15, -0.1) is 0 Å². The number of hydrogen-bond acceptors (Lipinski definition) is 2. The molecule has 1 atom stereocenters. The average molecular weight is 269 g/mol. The predicted molar refractivity (Wildman–Crippen MR) is 73.1 cm³/mol. The third-order valence-electron chi connectivity index (χ3n) is 4.09. The lowest BCUT2D eigenvalue weighted by molar-refractivity contribution is -0.0499. The molecule has 1 aromatic rings. The molecule has 2 rings (SSSR count). The number of anilines is 1. The maximum absolute atomic E-state index is 12.3. The SMILES string of the molecule is CCCCC1(CC)CNc2ccc(OC(F)F)cc21. The summed E-state index contributed by atoms with van der Waals surface area (Å²) in [7, 11) is 0. The lowest BCUT2D eigenvalue weighted by Crippen LogP contribution is -2.27. The number of fused-ring (bicyclic) bond motifs is 1. The van der Waals surface area contributed by atoms with Crippen LogP contribution < -0.4 is 10.1 Å². The van der Waals surface area contributed by atoms with E-state index in [9.17, 15) is 8.78 Å². The van der Waals surface area contributed by atoms with Gasteiger partial charge in [0.05, 0.1) is 0 Å². The summed E-state index contributed by atoms with van der Waals surface area (Å²) in [5, 5.41) is 3.39. The van der Waals surface area contributed by atoms with Crippen molar-refractivity contribution < 1.29 is 13.5 Å². The van der Waals surface area contributed by atoms with Crippen LogP contribution in [0.1, 0.15) is 45.1 Å². The minimum Gasteiger partial charge on any atom is -0.435 e. The van der Waals surface area contributed by atoms with Crippen LogP contribution in [0.3, 0.4) is 0 Å². The van der Waals surface area contributed by atoms with Crippen molar-refractivity contribution in [2.45, 2.75) is 51.6 Å². The third kappa shape index (κ3) is 2.82. The first kappa shape index (κ1) is 14.1. The molecule has 0 saturated carbocycles. The number of nitrogens with one attached hydrogen (secondary N) is 1. The molecule has 1 aromatic carbocycles. The summed E-state index contributed by atoms with van der Waals surface area (Å²) in [6, 6.07) is 5.22. The van der Waals surface area contributed by atoms with Crippen LogP contribution in [0.15, 0.2) is 18.2 Å². The molecule has 1 unspecified atom stereocenters. The maximum atomic E-state index is 12.3. The molecule has 0 amide bonds. The molecule has 1 heterocycles. The monoisotopic (exact) mass is 269 g/mol. The lowest BCUT2D eigenvalue weighted by Gasteiger charge is -2.28. The highest BCUT2D eigenvalue weighted by Crippen LogP contribution is 2.44. The molecule has 0 spiro atoms. The minimum atomic E-state index is -2.76. The van der Waals surface area contributed by atoms with Gasteiger partial charge in [0.15, 0.2) is 0 Å². The Morgan fingerprint density at radius 2 is 2.16 bits per heavy atom. The fourth-order valence-corrected chi connectivity index (χ4v) is 2.88. The second-order valence-corrected chi connectivity index (χ2v) is 5.18. The number of ether oxygens (including phenoxy) is 1. The Hall–Kier alpha value is -1.32. The third-order valence-corrected chi connectivity index (χ3v) is 4.09. The molecule has 1 aliphatic rings. The Labute approximate surface area is 113 Å². The quantitative estimate of drug-likeness (QED) is 0.818. The number of halogens is 2. The molecule has 0 radical (unpaired) electrons. The summed E-state index contributed by atoms with van der Waals surface area (Å²) in [5.74, 6) is 0.256. The van der Waals surface area contributed by atoms with Gasteiger partial charge in [0, 0.05) is 17.6 Å². The van der Waals surface area contributed by atoms with E-state index in [0.717, 1.165) is 43.5 Å². The van der Waals surface area contributed by atoms with Crippen LogP contribution in [-0.4, -0.2) is 13.2 Å². The van der Waals surface area contributed by atoms with E-state index >= 15 is 0 Å². The molecule has 0 saturated heterocycles. The normalized spacial score (nSPS) is 21.3. The number of unbranched alkanes of at least 4 members (excludes halogenated alkanes) is 1. The molecular weight excluding hydrogens is 248 g/mol. The highest BCUT2D eigenvalue weighted by molar-refractivity contribution is 5.62. The van der Waals surface area contributed by atoms with Crippen LogP contribution in [0.25, 0.3) is 0 Å². The zero-order valence-electron chi connectivity index (χ0n) is 11.5. The van der Waals surface area contributed by atoms with E-state index in [1.807, 2.05) is 6.07 Å². The van der Waals surface area contributed by atoms with Gasteiger partial charge in [-0.1, -0.05) is 26.7 Å². The van der Waals surface area contributed by atoms with Gasteiger partial charge < -0.3 is 10.1 Å². The zero-order valence-corrected chi connectivity index (χ0v) is 11.5. The summed E-state index contributed by atoms with van der Waals surface area (Å²) in [6.07, 6.45) is 4.38. The summed E-state index contributed by atoms with van der Waals surface area (Å²) in [6.45, 7) is 2.45. The van der Waals surface area contributed by atoms with Gasteiger partial charge in [0.2, 0.25) is 0 Å². The van der Waals surface area contributed by atoms with Gasteiger partial charge in [-0.2, -0.15) is 8.78 Å². The first-order chi connectivity index (χ1) is 9.11. The van der Waals surface area contributed by atoms with Crippen molar-refractivity contribution in [2.24, 2.45) is 0 Å². The van der Waals surface area contributed by atoms with Crippen LogP contribution in [-0.2, 0) is 5.41 Å². The number of hydrogen-bond donors (Lipinski definition) is 1. The van der Waals surface area contributed by atoms with Crippen molar-refractivity contribution in [3.05, 3.63) is 23.8 Å². The van der Waals surface area contributed by atoms with Crippen molar-refractivity contribution in [2.75, 3.05) is 11.9 Å². The molecule has 0 fully saturated rings. The van der Waals surface area contributed by atoms with Gasteiger partial charge in [-0.05, 0) is 36.6 Å². The van der Waals surface area contributed by atoms with Gasteiger partial charge >= 0.3 is 6.61 Å². The minimum absolute atomic E-state index is 0.0623. The molecule has 2 nitrogen and oxygen atoms in total. The van der Waals surface area contributed by atoms with Crippen molar-refractivity contribution >= 4 is 5.69 Å². The molecule has 4 heteroatoms. The maximum Gasteiger partial charge on any atom is 0.387 e. The summed E-state index contributed by atoms with van der Waals surface area (Å²) in [5.41, 5.74) is 2.24. The number of alkyl halides is 2. The van der Waals surface area contributed by atoms with Crippen molar-refractivity contribution in [1.29, 1.82) is 0 Å². The first-order valence-corrected chi connectivity index (χ1v) is 6.94. The Balaban J connectivity index is 2.29. The summed E-state index contributed by atoms with van der Waals surface area (Å²) >= 11 is 0. The number of benzene rings is 1. The summed E-state index contributed by atoms with van der Waals surface area (Å²) in [4.78, 5) is 0. The van der Waals surface area contributed by atoms with E-state index in [-0.39, 0.29) is 11.2 Å². The lowest BCUT2D eigenvalue weighted by atomic mass is 9.76. The molecule has 0 aromatic heterocycles. The van der Waals surface area contributed by atoms with Crippen molar-refractivity contribution in [3.8, 4) is 5.75 Å². The van der Waals surface area contributed by atoms with Crippen LogP contribution in [0.4, 0.5) is 14.5 Å². The van der Waals surface area contributed by atoms with E-state index in [4.69, 9.17) is 0 Å². The molecule has 1 aliphatic heterocycles. The second-order valence-electron chi connectivity index (χ2n) is 5.18. The zero-order chi connectivity index (χ0) is 13.9. The van der Waals surface area contributed by atoms with Gasteiger partial charge in [0.25, 0.3) is 0 Å². The van der Waals surface area contributed by atoms with E-state index < -0.39 is 6.61 Å². The van der Waals surface area contributed by atoms with E-state index in [1.54, 1.807) is 12.1 Å². The van der Waals surface area contributed by atoms with E-state index in [0.29, 0.717) is 0 Å². The van der Waals surface area contributed by atoms with E-state index in [1.165, 1.54) is 0 Å². The molecule has 1 N–H and O–H groups in total. The first-order valence-electron chi connectivity index (χ1n) is 6.94. The average Bonchev–Trinajstić information content (AvgIpc) is 2.75. The van der Waals surface area contributed by atoms with Gasteiger partial charge in [-0.25, -0.2) is 0 Å². The van der Waals surface area contributed by atoms with Crippen LogP contribution in [0.5, 0.6) is 5.75 Å². The smallest absolute Gasteiger partial charge is 0.387 e. The molecule has 0 bridgehead atoms. The Morgan fingerprint density at radius 1 is 1.37 bits per heavy atom. The van der Waals surface area contributed by atoms with Crippen molar-refractivity contribution in [3.63, 3.8) is 0 Å². The fraction of sp³-hybridized carbons (Fsp3) is 0.600. The molecule has 0 aliphatic carbocycles. The van der Waals surface area contributed by atoms with Crippen LogP contribution >= 0.6 is 0 Å². The largest absolute Gasteiger partial charge is 0.435 e. The van der Waals surface area contributed by atoms with Gasteiger partial charge in [-0.3, -0.25) is 0 Å². The Bertz CT molecular complexity index is 436. The molecule has 19 heavy (non-hydrogen) atoms. The Morgan fingerprint density at radius 3 is 2.79 bits per heavy atom. The van der Waals surface area contributed by atoms with Crippen LogP contribution in [0.2, 0.25) is 0 Å². The standard InChI is InChI=1S/C15H21F2NO/c1-3-5-8-15(4-2)10-18-13-7-6-11(9-12(13)15)19-14(16)17/h6-7,9,14,18H,3-5,8,10H2,1-2H3. The van der Waals surface area contributed by atoms with E-state index in [2.05, 4.69) is 23.9 Å².